The van der Waals surface area contributed by atoms with Gasteiger partial charge in [-0.1, -0.05) is 60.7 Å². The Morgan fingerprint density at radius 1 is 0.621 bits per heavy atom. The Balaban J connectivity index is 2.13. The van der Waals surface area contributed by atoms with Crippen LogP contribution in [0.25, 0.3) is 0 Å². The molecule has 0 radical (unpaired) electrons. The third kappa shape index (κ3) is 9.24. The van der Waals surface area contributed by atoms with Gasteiger partial charge >= 0.3 is 0 Å². The van der Waals surface area contributed by atoms with Crippen molar-refractivity contribution in [3.63, 3.8) is 0 Å². The minimum absolute atomic E-state index is 0.827. The molecule has 2 rings (SSSR count). The fourth-order valence-corrected chi connectivity index (χ4v) is 3.32. The van der Waals surface area contributed by atoms with E-state index in [0.29, 0.717) is 0 Å². The lowest BCUT2D eigenvalue weighted by atomic mass is 10.0. The molecule has 156 valence electrons. The van der Waals surface area contributed by atoms with Gasteiger partial charge in [0.15, 0.2) is 0 Å². The van der Waals surface area contributed by atoms with Gasteiger partial charge in [0.2, 0.25) is 0 Å². The zero-order valence-electron chi connectivity index (χ0n) is 18.6. The van der Waals surface area contributed by atoms with Gasteiger partial charge in [-0.05, 0) is 69.7 Å². The van der Waals surface area contributed by atoms with Crippen molar-refractivity contribution in [3.05, 3.63) is 71.8 Å². The molecule has 0 unspecified atom stereocenters. The lowest BCUT2D eigenvalue weighted by molar-refractivity contribution is 0.333. The van der Waals surface area contributed by atoms with E-state index in [4.69, 9.17) is 9.05 Å². The third-order valence-corrected chi connectivity index (χ3v) is 5.18. The second-order valence-corrected chi connectivity index (χ2v) is 17.9. The Morgan fingerprint density at radius 2 is 0.966 bits per heavy atom. The summed E-state index contributed by atoms with van der Waals surface area (Å²) in [4.78, 5) is 0. The van der Waals surface area contributed by atoms with Crippen molar-refractivity contribution in [2.45, 2.75) is 58.5 Å². The van der Waals surface area contributed by atoms with Gasteiger partial charge in [0.05, 0.1) is 11.4 Å². The maximum atomic E-state index is 5.86. The summed E-state index contributed by atoms with van der Waals surface area (Å²) in [6.07, 6.45) is 2.58. The first-order chi connectivity index (χ1) is 13.6. The van der Waals surface area contributed by atoms with Crippen molar-refractivity contribution in [1.82, 2.24) is 0 Å². The molecule has 4 nitrogen and oxygen atoms in total. The molecule has 0 spiro atoms. The first kappa shape index (κ1) is 23.1. The predicted molar refractivity (Wildman–Crippen MR) is 129 cm³/mol. The van der Waals surface area contributed by atoms with Gasteiger partial charge in [0.25, 0.3) is 16.6 Å². The molecule has 0 N–H and O–H groups in total. The van der Waals surface area contributed by atoms with Crippen LogP contribution in [0.15, 0.2) is 71.0 Å². The molecule has 29 heavy (non-hydrogen) atoms. The quantitative estimate of drug-likeness (QED) is 0.242. The van der Waals surface area contributed by atoms with Crippen LogP contribution in [-0.4, -0.2) is 28.1 Å². The van der Waals surface area contributed by atoms with E-state index in [1.54, 1.807) is 0 Å². The van der Waals surface area contributed by atoms with Gasteiger partial charge in [-0.15, -0.1) is 10.3 Å². The summed E-state index contributed by atoms with van der Waals surface area (Å²) >= 11 is 0. The van der Waals surface area contributed by atoms with Crippen LogP contribution >= 0.6 is 0 Å². The molecule has 0 aliphatic carbocycles. The van der Waals surface area contributed by atoms with E-state index in [0.717, 1.165) is 41.8 Å². The van der Waals surface area contributed by atoms with Crippen molar-refractivity contribution < 1.29 is 9.05 Å². The van der Waals surface area contributed by atoms with E-state index in [-0.39, 0.29) is 0 Å². The molecule has 0 heterocycles. The van der Waals surface area contributed by atoms with Crippen molar-refractivity contribution >= 4 is 28.1 Å². The Morgan fingerprint density at radius 3 is 1.28 bits per heavy atom. The van der Waals surface area contributed by atoms with Gasteiger partial charge in [-0.25, -0.2) is 0 Å². The Bertz CT molecular complexity index is 739. The monoisotopic (exact) mass is 426 g/mol. The SMILES string of the molecule is C[Si](C)(C)O/N=C(/CCC/C(=N\O[Si](C)(C)C)c1ccccc1)c1ccccc1. The van der Waals surface area contributed by atoms with Gasteiger partial charge in [0, 0.05) is 0 Å². The number of oxime groups is 2. The first-order valence-corrected chi connectivity index (χ1v) is 17.1. The summed E-state index contributed by atoms with van der Waals surface area (Å²) in [6.45, 7) is 12.9. The predicted octanol–water partition coefficient (Wildman–Crippen LogP) is 6.67. The smallest absolute Gasteiger partial charge is 0.278 e. The number of hydrogen-bond donors (Lipinski definition) is 0. The number of hydrogen-bond acceptors (Lipinski definition) is 4. The molecule has 6 heteroatoms. The number of rotatable bonds is 10. The maximum absolute atomic E-state index is 5.86. The highest BCUT2D eigenvalue weighted by atomic mass is 28.4. The molecule has 0 bridgehead atoms. The summed E-state index contributed by atoms with van der Waals surface area (Å²) in [5.74, 6) is 0. The highest BCUT2D eigenvalue weighted by molar-refractivity contribution is 6.70. The van der Waals surface area contributed by atoms with Gasteiger partial charge in [-0.2, -0.15) is 0 Å². The fraction of sp³-hybridized carbons (Fsp3) is 0.391. The molecular formula is C23H34N2O2Si2. The summed E-state index contributed by atoms with van der Waals surface area (Å²) in [6, 6.07) is 20.6. The van der Waals surface area contributed by atoms with Crippen molar-refractivity contribution in [2.24, 2.45) is 10.3 Å². The topological polar surface area (TPSA) is 43.2 Å². The molecule has 0 aliphatic rings. The first-order valence-electron chi connectivity index (χ1n) is 10.2. The average Bonchev–Trinajstić information content (AvgIpc) is 2.66. The lowest BCUT2D eigenvalue weighted by Crippen LogP contribution is -2.23. The summed E-state index contributed by atoms with van der Waals surface area (Å²) in [5, 5.41) is 9.07. The molecule has 0 saturated carbocycles. The molecule has 2 aromatic carbocycles. The van der Waals surface area contributed by atoms with E-state index in [1.165, 1.54) is 0 Å². The van der Waals surface area contributed by atoms with E-state index >= 15 is 0 Å². The van der Waals surface area contributed by atoms with Crippen LogP contribution in [0.2, 0.25) is 39.3 Å². The van der Waals surface area contributed by atoms with Crippen LogP contribution in [-0.2, 0) is 9.05 Å². The molecule has 0 atom stereocenters. The summed E-state index contributed by atoms with van der Waals surface area (Å²) in [7, 11) is -3.45. The standard InChI is InChI=1S/C23H34N2O2Si2/c1-28(2,3)26-24-22(20-14-9-7-10-15-20)18-13-19-23(25-27-29(4,5)6)21-16-11-8-12-17-21/h7-12,14-17H,13,18-19H2,1-6H3/b24-22-,25-23+. The molecule has 0 amide bonds. The van der Waals surface area contributed by atoms with E-state index < -0.39 is 16.6 Å². The minimum atomic E-state index is -1.73. The van der Waals surface area contributed by atoms with Crippen LogP contribution in [0.1, 0.15) is 30.4 Å². The zero-order chi connectivity index (χ0) is 21.3. The second-order valence-electron chi connectivity index (χ2n) is 9.07. The minimum Gasteiger partial charge on any atom is -0.455 e. The van der Waals surface area contributed by atoms with Crippen LogP contribution in [0, 0.1) is 0 Å². The van der Waals surface area contributed by atoms with Crippen LogP contribution < -0.4 is 0 Å². The van der Waals surface area contributed by atoms with E-state index in [1.807, 2.05) is 36.4 Å². The Hall–Kier alpha value is -2.19. The number of nitrogens with zero attached hydrogens (tertiary/aromatic N) is 2. The van der Waals surface area contributed by atoms with Crippen molar-refractivity contribution in [2.75, 3.05) is 0 Å². The van der Waals surface area contributed by atoms with Crippen LogP contribution in [0.3, 0.4) is 0 Å². The molecular weight excluding hydrogens is 392 g/mol. The highest BCUT2D eigenvalue weighted by Crippen LogP contribution is 2.15. The second kappa shape index (κ2) is 10.6. The molecule has 2 aromatic rings. The van der Waals surface area contributed by atoms with Gasteiger partial charge < -0.3 is 9.05 Å². The fourth-order valence-electron chi connectivity index (χ4n) is 2.55. The molecule has 0 saturated heterocycles. The molecule has 0 fully saturated rings. The lowest BCUT2D eigenvalue weighted by Gasteiger charge is -2.16. The van der Waals surface area contributed by atoms with Crippen molar-refractivity contribution in [1.29, 1.82) is 0 Å². The average molecular weight is 427 g/mol. The van der Waals surface area contributed by atoms with Crippen LogP contribution in [0.5, 0.6) is 0 Å². The van der Waals surface area contributed by atoms with Crippen molar-refractivity contribution in [3.8, 4) is 0 Å². The third-order valence-electron chi connectivity index (χ3n) is 3.90. The summed E-state index contributed by atoms with van der Waals surface area (Å²) < 4.78 is 11.7. The maximum Gasteiger partial charge on any atom is 0.278 e. The molecule has 0 aromatic heterocycles. The summed E-state index contributed by atoms with van der Waals surface area (Å²) in [5.41, 5.74) is 4.21. The normalized spacial score (nSPS) is 13.3. The van der Waals surface area contributed by atoms with Gasteiger partial charge in [0.1, 0.15) is 0 Å². The largest absolute Gasteiger partial charge is 0.455 e. The Kier molecular flexibility index (Phi) is 8.40. The Labute approximate surface area is 177 Å². The zero-order valence-corrected chi connectivity index (χ0v) is 20.6. The van der Waals surface area contributed by atoms with Gasteiger partial charge in [-0.3, -0.25) is 0 Å². The molecule has 0 aliphatic heterocycles. The highest BCUT2D eigenvalue weighted by Gasteiger charge is 2.18. The number of benzene rings is 2. The van der Waals surface area contributed by atoms with E-state index in [2.05, 4.69) is 73.9 Å². The van der Waals surface area contributed by atoms with Crippen LogP contribution in [0.4, 0.5) is 0 Å². The van der Waals surface area contributed by atoms with E-state index in [9.17, 15) is 0 Å².